The molecule has 2 fully saturated rings. The minimum absolute atomic E-state index is 0.0329. The van der Waals surface area contributed by atoms with Crippen molar-refractivity contribution in [1.29, 1.82) is 0 Å². The lowest BCUT2D eigenvalue weighted by molar-refractivity contribution is -0.121. The van der Waals surface area contributed by atoms with Gasteiger partial charge in [-0.1, -0.05) is 18.2 Å². The molecule has 4 aliphatic rings. The highest BCUT2D eigenvalue weighted by Crippen LogP contribution is 2.50. The fourth-order valence-electron chi connectivity index (χ4n) is 7.63. The smallest absolute Gasteiger partial charge is 0.241 e. The number of hydrogen-bond donors (Lipinski definition) is 1. The number of anilines is 3. The molecule has 2 N–H and O–H groups in total. The van der Waals surface area contributed by atoms with Crippen molar-refractivity contribution in [3.8, 4) is 0 Å². The molecule has 7 nitrogen and oxygen atoms in total. The summed E-state index contributed by atoms with van der Waals surface area (Å²) < 4.78 is 0. The number of carbonyl (C=O) groups is 3. The summed E-state index contributed by atoms with van der Waals surface area (Å²) >= 11 is 12.0. The Bertz CT molecular complexity index is 1340. The van der Waals surface area contributed by atoms with Gasteiger partial charge in [0.25, 0.3) is 0 Å². The van der Waals surface area contributed by atoms with Gasteiger partial charge in [0.2, 0.25) is 17.7 Å². The first-order chi connectivity index (χ1) is 18.8. The molecule has 9 heteroatoms. The van der Waals surface area contributed by atoms with Gasteiger partial charge in [0.1, 0.15) is 11.8 Å². The minimum atomic E-state index is -0.250. The van der Waals surface area contributed by atoms with E-state index in [4.69, 9.17) is 28.9 Å². The normalized spacial score (nSPS) is 27.6. The molecule has 3 heterocycles. The number of nitrogens with zero attached hydrogens (tertiary/aromatic N) is 3. The number of alkyl halides is 2. The first-order valence-electron chi connectivity index (χ1n) is 13.7. The van der Waals surface area contributed by atoms with Gasteiger partial charge in [0.15, 0.2) is 0 Å². The predicted octanol–water partition coefficient (Wildman–Crippen LogP) is 4.11. The lowest BCUT2D eigenvalue weighted by Crippen LogP contribution is -2.48. The Morgan fingerprint density at radius 3 is 2.21 bits per heavy atom. The second kappa shape index (κ2) is 10.0. The Balaban J connectivity index is 1.28. The Hall–Kier alpha value is -2.77. The van der Waals surface area contributed by atoms with Crippen molar-refractivity contribution in [1.82, 2.24) is 0 Å². The van der Waals surface area contributed by atoms with Crippen LogP contribution in [-0.2, 0) is 27.2 Å². The molecule has 2 aromatic rings. The van der Waals surface area contributed by atoms with E-state index in [9.17, 15) is 14.4 Å². The number of fused-ring (bicyclic) bond motifs is 2. The average Bonchev–Trinajstić information content (AvgIpc) is 3.55. The van der Waals surface area contributed by atoms with Crippen LogP contribution < -0.4 is 20.4 Å². The van der Waals surface area contributed by atoms with E-state index >= 15 is 0 Å². The van der Waals surface area contributed by atoms with Crippen LogP contribution in [0.1, 0.15) is 36.8 Å². The molecule has 1 aliphatic carbocycles. The number of para-hydroxylation sites is 1. The van der Waals surface area contributed by atoms with Crippen molar-refractivity contribution in [2.75, 3.05) is 52.6 Å². The highest BCUT2D eigenvalue weighted by molar-refractivity contribution is 6.30. The van der Waals surface area contributed by atoms with Gasteiger partial charge in [-0.15, -0.1) is 23.2 Å². The van der Waals surface area contributed by atoms with E-state index in [2.05, 4.69) is 23.1 Å². The summed E-state index contributed by atoms with van der Waals surface area (Å²) in [6.07, 6.45) is 5.05. The van der Waals surface area contributed by atoms with Crippen LogP contribution >= 0.6 is 23.2 Å². The van der Waals surface area contributed by atoms with Crippen molar-refractivity contribution in [2.24, 2.45) is 22.5 Å². The summed E-state index contributed by atoms with van der Waals surface area (Å²) in [5.41, 5.74) is 10.8. The molecule has 0 aromatic heterocycles. The number of halogens is 2. The van der Waals surface area contributed by atoms with Crippen LogP contribution in [0.3, 0.4) is 0 Å². The van der Waals surface area contributed by atoms with Crippen LogP contribution in [0.2, 0.25) is 0 Å². The molecule has 3 aliphatic heterocycles. The van der Waals surface area contributed by atoms with Crippen LogP contribution in [0.4, 0.5) is 17.1 Å². The summed E-state index contributed by atoms with van der Waals surface area (Å²) in [4.78, 5) is 43.7. The molecule has 0 bridgehead atoms. The zero-order chi connectivity index (χ0) is 27.4. The molecule has 3 amide bonds. The molecule has 3 unspecified atom stereocenters. The molecule has 3 atom stereocenters. The number of hydrogen-bond acceptors (Lipinski definition) is 4. The number of primary amides is 1. The molecule has 1 saturated heterocycles. The average molecular weight is 570 g/mol. The standard InChI is InChI=1S/C30H34Cl2N4O3/c31-15-26(37)35-18-29(8-7-21(13-29)28(33)39)14-22-11-23(5-6-25(22)35)34-10-9-30(17-34)12-20-3-1-2-4-24(20)36(19-30)27(38)16-32/h1-6,11,21H,7-10,12-19H2,(H2,33,39). The monoisotopic (exact) mass is 568 g/mol. The molecule has 6 rings (SSSR count). The van der Waals surface area contributed by atoms with Crippen LogP contribution in [0.5, 0.6) is 0 Å². The molecule has 2 spiro atoms. The van der Waals surface area contributed by atoms with Crippen LogP contribution in [0, 0.1) is 16.7 Å². The van der Waals surface area contributed by atoms with E-state index < -0.39 is 0 Å². The fourth-order valence-corrected chi connectivity index (χ4v) is 7.92. The van der Waals surface area contributed by atoms with Crippen LogP contribution in [-0.4, -0.2) is 55.7 Å². The Kier molecular flexibility index (Phi) is 6.79. The van der Waals surface area contributed by atoms with Gasteiger partial charge >= 0.3 is 0 Å². The van der Waals surface area contributed by atoms with E-state index in [1.165, 1.54) is 5.56 Å². The Morgan fingerprint density at radius 1 is 0.846 bits per heavy atom. The third-order valence-corrected chi connectivity index (χ3v) is 9.95. The maximum Gasteiger partial charge on any atom is 0.241 e. The van der Waals surface area contributed by atoms with Gasteiger partial charge in [-0.25, -0.2) is 0 Å². The van der Waals surface area contributed by atoms with E-state index in [1.54, 1.807) is 0 Å². The second-order valence-electron chi connectivity index (χ2n) is 12.0. The van der Waals surface area contributed by atoms with Crippen molar-refractivity contribution < 1.29 is 14.4 Å². The van der Waals surface area contributed by atoms with Crippen molar-refractivity contribution in [3.63, 3.8) is 0 Å². The van der Waals surface area contributed by atoms with Crippen LogP contribution in [0.25, 0.3) is 0 Å². The summed E-state index contributed by atoms with van der Waals surface area (Å²) in [5, 5.41) is 0. The van der Waals surface area contributed by atoms with Gasteiger partial charge in [-0.2, -0.15) is 0 Å². The molecule has 39 heavy (non-hydrogen) atoms. The quantitative estimate of drug-likeness (QED) is 0.562. The van der Waals surface area contributed by atoms with E-state index in [1.807, 2.05) is 34.1 Å². The number of amides is 3. The second-order valence-corrected chi connectivity index (χ2v) is 12.6. The Morgan fingerprint density at radius 2 is 1.51 bits per heavy atom. The molecule has 1 saturated carbocycles. The first-order valence-corrected chi connectivity index (χ1v) is 14.8. The lowest BCUT2D eigenvalue weighted by Gasteiger charge is -2.42. The number of rotatable bonds is 4. The maximum absolute atomic E-state index is 12.9. The lowest BCUT2D eigenvalue weighted by atomic mass is 9.75. The largest absolute Gasteiger partial charge is 0.371 e. The van der Waals surface area contributed by atoms with Gasteiger partial charge in [-0.05, 0) is 79.3 Å². The highest BCUT2D eigenvalue weighted by atomic mass is 35.5. The SMILES string of the molecule is NC(=O)C1CCC2(Cc3cc(N4CCC5(Cc6ccccc6N(C(=O)CCl)C5)C4)ccc3N(C(=O)CCl)C2)C1. The zero-order valence-corrected chi connectivity index (χ0v) is 23.5. The van der Waals surface area contributed by atoms with Gasteiger partial charge in [0, 0.05) is 54.6 Å². The van der Waals surface area contributed by atoms with Crippen LogP contribution in [0.15, 0.2) is 42.5 Å². The third kappa shape index (κ3) is 4.67. The summed E-state index contributed by atoms with van der Waals surface area (Å²) in [7, 11) is 0. The number of carbonyl (C=O) groups excluding carboxylic acids is 3. The maximum atomic E-state index is 12.9. The van der Waals surface area contributed by atoms with E-state index in [-0.39, 0.29) is 46.2 Å². The molecular formula is C30H34Cl2N4O3. The first kappa shape index (κ1) is 26.5. The van der Waals surface area contributed by atoms with Crippen molar-refractivity contribution >= 4 is 58.0 Å². The third-order valence-electron chi connectivity index (χ3n) is 9.49. The van der Waals surface area contributed by atoms with Crippen molar-refractivity contribution in [3.05, 3.63) is 53.6 Å². The summed E-state index contributed by atoms with van der Waals surface area (Å²) in [5.74, 6) is -0.680. The van der Waals surface area contributed by atoms with Gasteiger partial charge in [0.05, 0.1) is 0 Å². The molecule has 2 aromatic carbocycles. The van der Waals surface area contributed by atoms with Crippen molar-refractivity contribution in [2.45, 2.75) is 38.5 Å². The number of benzene rings is 2. The highest BCUT2D eigenvalue weighted by Gasteiger charge is 2.47. The summed E-state index contributed by atoms with van der Waals surface area (Å²) in [6, 6.07) is 14.5. The van der Waals surface area contributed by atoms with E-state index in [0.717, 1.165) is 67.8 Å². The molecule has 206 valence electrons. The predicted molar refractivity (Wildman–Crippen MR) is 155 cm³/mol. The van der Waals surface area contributed by atoms with Gasteiger partial charge < -0.3 is 20.4 Å². The number of nitrogens with two attached hydrogens (primary N) is 1. The summed E-state index contributed by atoms with van der Waals surface area (Å²) in [6.45, 7) is 2.96. The molecule has 0 radical (unpaired) electrons. The molecular weight excluding hydrogens is 535 g/mol. The van der Waals surface area contributed by atoms with E-state index in [0.29, 0.717) is 19.5 Å². The Labute approximate surface area is 239 Å². The zero-order valence-electron chi connectivity index (χ0n) is 22.0. The minimum Gasteiger partial charge on any atom is -0.371 e. The van der Waals surface area contributed by atoms with Gasteiger partial charge in [-0.3, -0.25) is 14.4 Å². The topological polar surface area (TPSA) is 87.0 Å². The fraction of sp³-hybridized carbons (Fsp3) is 0.500.